The van der Waals surface area contributed by atoms with Gasteiger partial charge in [0.25, 0.3) is 5.56 Å². The summed E-state index contributed by atoms with van der Waals surface area (Å²) in [6, 6.07) is 10.0. The first-order valence-electron chi connectivity index (χ1n) is 12.6. The number of aromatic nitrogens is 2. The minimum absolute atomic E-state index is 0.106. The van der Waals surface area contributed by atoms with E-state index in [4.69, 9.17) is 0 Å². The van der Waals surface area contributed by atoms with E-state index in [-0.39, 0.29) is 23.9 Å². The standard InChI is InChI=1S/C26H36BrN5O3/c1-20(21-7-3-2-4-8-21)17-22(33)31-14-9-26(35,10-15-31)18-32-19-29-24(23(27)25(32)34)28-11-16-30-12-5-6-13-30/h2-4,7-8,19-20,28,35H,5-6,9-18H2,1H3. The Morgan fingerprint density at radius 2 is 1.86 bits per heavy atom. The van der Waals surface area contributed by atoms with Crippen LogP contribution in [0.15, 0.2) is 45.9 Å². The summed E-state index contributed by atoms with van der Waals surface area (Å²) < 4.78 is 1.84. The molecule has 2 aliphatic heterocycles. The second kappa shape index (κ2) is 11.7. The van der Waals surface area contributed by atoms with E-state index in [9.17, 15) is 14.7 Å². The molecule has 9 heteroatoms. The fourth-order valence-corrected chi connectivity index (χ4v) is 5.45. The third-order valence-electron chi connectivity index (χ3n) is 7.26. The second-order valence-electron chi connectivity index (χ2n) is 9.94. The molecule has 1 aromatic heterocycles. The van der Waals surface area contributed by atoms with Crippen LogP contribution >= 0.6 is 15.9 Å². The lowest BCUT2D eigenvalue weighted by Crippen LogP contribution is -2.49. The van der Waals surface area contributed by atoms with Gasteiger partial charge < -0.3 is 20.2 Å². The molecule has 8 nitrogen and oxygen atoms in total. The summed E-state index contributed by atoms with van der Waals surface area (Å²) in [6.45, 7) is 7.11. The number of piperidine rings is 1. The lowest BCUT2D eigenvalue weighted by molar-refractivity contribution is -0.136. The molecule has 190 valence electrons. The van der Waals surface area contributed by atoms with Gasteiger partial charge in [0.05, 0.1) is 12.1 Å². The normalized spacial score (nSPS) is 19.0. The molecule has 2 aromatic rings. The van der Waals surface area contributed by atoms with Crippen molar-refractivity contribution < 1.29 is 9.90 Å². The number of amides is 1. The Bertz CT molecular complexity index is 1050. The van der Waals surface area contributed by atoms with Gasteiger partial charge >= 0.3 is 0 Å². The van der Waals surface area contributed by atoms with Crippen molar-refractivity contribution in [2.45, 2.75) is 57.1 Å². The quantitative estimate of drug-likeness (QED) is 0.503. The molecular weight excluding hydrogens is 510 g/mol. The Morgan fingerprint density at radius 3 is 2.54 bits per heavy atom. The molecule has 0 saturated carbocycles. The van der Waals surface area contributed by atoms with Gasteiger partial charge in [-0.15, -0.1) is 0 Å². The van der Waals surface area contributed by atoms with E-state index in [1.807, 2.05) is 35.2 Å². The van der Waals surface area contributed by atoms with Gasteiger partial charge in [0.1, 0.15) is 16.6 Å². The molecule has 4 rings (SSSR count). The number of likely N-dealkylation sites (tertiary alicyclic amines) is 2. The first-order valence-corrected chi connectivity index (χ1v) is 13.4. The first-order chi connectivity index (χ1) is 16.8. The lowest BCUT2D eigenvalue weighted by atomic mass is 9.90. The number of nitrogens with one attached hydrogen (secondary N) is 1. The molecule has 1 atom stereocenters. The Kier molecular flexibility index (Phi) is 8.62. The number of nitrogens with zero attached hydrogens (tertiary/aromatic N) is 4. The van der Waals surface area contributed by atoms with Crippen molar-refractivity contribution in [3.8, 4) is 0 Å². The van der Waals surface area contributed by atoms with E-state index in [2.05, 4.69) is 38.1 Å². The van der Waals surface area contributed by atoms with E-state index in [0.29, 0.717) is 42.6 Å². The highest BCUT2D eigenvalue weighted by atomic mass is 79.9. The van der Waals surface area contributed by atoms with Gasteiger partial charge in [-0.25, -0.2) is 4.98 Å². The fourth-order valence-electron chi connectivity index (χ4n) is 4.98. The molecular formula is C26H36BrN5O3. The highest BCUT2D eigenvalue weighted by Crippen LogP contribution is 2.27. The van der Waals surface area contributed by atoms with Crippen LogP contribution in [0.1, 0.15) is 50.5 Å². The van der Waals surface area contributed by atoms with Crippen LogP contribution in [0, 0.1) is 0 Å². The summed E-state index contributed by atoms with van der Waals surface area (Å²) in [4.78, 5) is 34.4. The van der Waals surface area contributed by atoms with E-state index in [1.54, 1.807) is 0 Å². The van der Waals surface area contributed by atoms with E-state index in [0.717, 1.165) is 31.7 Å². The monoisotopic (exact) mass is 545 g/mol. The minimum Gasteiger partial charge on any atom is -0.388 e. The Labute approximate surface area is 215 Å². The van der Waals surface area contributed by atoms with Gasteiger partial charge in [-0.1, -0.05) is 37.3 Å². The topological polar surface area (TPSA) is 90.7 Å². The highest BCUT2D eigenvalue weighted by Gasteiger charge is 2.35. The van der Waals surface area contributed by atoms with Gasteiger partial charge in [-0.2, -0.15) is 0 Å². The first kappa shape index (κ1) is 25.9. The molecule has 2 fully saturated rings. The van der Waals surface area contributed by atoms with E-state index < -0.39 is 5.60 Å². The number of rotatable bonds is 9. The molecule has 0 aliphatic carbocycles. The van der Waals surface area contributed by atoms with Crippen molar-refractivity contribution in [3.05, 3.63) is 57.0 Å². The van der Waals surface area contributed by atoms with Crippen LogP contribution in [0.2, 0.25) is 0 Å². The van der Waals surface area contributed by atoms with Crippen molar-refractivity contribution in [1.29, 1.82) is 0 Å². The number of carbonyl (C=O) groups is 1. The Morgan fingerprint density at radius 1 is 1.17 bits per heavy atom. The van der Waals surface area contributed by atoms with Crippen LogP contribution in [0.5, 0.6) is 0 Å². The number of aliphatic hydroxyl groups is 1. The molecule has 2 aliphatic rings. The predicted molar refractivity (Wildman–Crippen MR) is 141 cm³/mol. The zero-order valence-electron chi connectivity index (χ0n) is 20.5. The average molecular weight is 547 g/mol. The maximum absolute atomic E-state index is 12.9. The maximum Gasteiger partial charge on any atom is 0.269 e. The largest absolute Gasteiger partial charge is 0.388 e. The molecule has 2 N–H and O–H groups in total. The molecule has 0 bridgehead atoms. The number of hydrogen-bond donors (Lipinski definition) is 2. The number of halogens is 1. The number of carbonyl (C=O) groups excluding carboxylic acids is 1. The molecule has 0 spiro atoms. The van der Waals surface area contributed by atoms with Crippen molar-refractivity contribution in [2.24, 2.45) is 0 Å². The van der Waals surface area contributed by atoms with Crippen molar-refractivity contribution >= 4 is 27.7 Å². The van der Waals surface area contributed by atoms with Crippen molar-refractivity contribution in [3.63, 3.8) is 0 Å². The van der Waals surface area contributed by atoms with Crippen molar-refractivity contribution in [1.82, 2.24) is 19.4 Å². The van der Waals surface area contributed by atoms with Crippen LogP contribution < -0.4 is 10.9 Å². The van der Waals surface area contributed by atoms with Gasteiger partial charge in [0.2, 0.25) is 5.91 Å². The molecule has 2 saturated heterocycles. The summed E-state index contributed by atoms with van der Waals surface area (Å²) in [5, 5.41) is 14.4. The zero-order chi connectivity index (χ0) is 24.8. The Balaban J connectivity index is 1.29. The van der Waals surface area contributed by atoms with Crippen LogP contribution in [0.25, 0.3) is 0 Å². The molecule has 35 heavy (non-hydrogen) atoms. The molecule has 1 unspecified atom stereocenters. The number of anilines is 1. The van der Waals surface area contributed by atoms with Gasteiger partial charge in [0.15, 0.2) is 0 Å². The van der Waals surface area contributed by atoms with E-state index in [1.165, 1.54) is 23.7 Å². The van der Waals surface area contributed by atoms with Gasteiger partial charge in [-0.3, -0.25) is 14.2 Å². The minimum atomic E-state index is -1.04. The molecule has 1 aromatic carbocycles. The fraction of sp³-hybridized carbons (Fsp3) is 0.577. The summed E-state index contributed by atoms with van der Waals surface area (Å²) in [5.41, 5.74) is -0.106. The van der Waals surface area contributed by atoms with Crippen LogP contribution in [-0.2, 0) is 11.3 Å². The highest BCUT2D eigenvalue weighted by molar-refractivity contribution is 9.10. The SMILES string of the molecule is CC(CC(=O)N1CCC(O)(Cn2cnc(NCCN3CCCC3)c(Br)c2=O)CC1)c1ccccc1. The summed E-state index contributed by atoms with van der Waals surface area (Å²) in [7, 11) is 0. The maximum atomic E-state index is 12.9. The third-order valence-corrected chi connectivity index (χ3v) is 7.98. The van der Waals surface area contributed by atoms with Crippen LogP contribution in [-0.4, -0.2) is 75.2 Å². The predicted octanol–water partition coefficient (Wildman–Crippen LogP) is 3.06. The second-order valence-corrected chi connectivity index (χ2v) is 10.7. The lowest BCUT2D eigenvalue weighted by Gasteiger charge is -2.38. The van der Waals surface area contributed by atoms with Crippen LogP contribution in [0.4, 0.5) is 5.82 Å². The molecule has 1 amide bonds. The van der Waals surface area contributed by atoms with Crippen molar-refractivity contribution in [2.75, 3.05) is 44.6 Å². The molecule has 0 radical (unpaired) electrons. The smallest absolute Gasteiger partial charge is 0.269 e. The Hall–Kier alpha value is -2.23. The van der Waals surface area contributed by atoms with Gasteiger partial charge in [-0.05, 0) is 66.2 Å². The summed E-state index contributed by atoms with van der Waals surface area (Å²) >= 11 is 3.39. The zero-order valence-corrected chi connectivity index (χ0v) is 22.0. The number of hydrogen-bond acceptors (Lipinski definition) is 6. The average Bonchev–Trinajstić information content (AvgIpc) is 3.38. The number of benzene rings is 1. The van der Waals surface area contributed by atoms with E-state index >= 15 is 0 Å². The van der Waals surface area contributed by atoms with Crippen LogP contribution in [0.3, 0.4) is 0 Å². The molecule has 3 heterocycles. The van der Waals surface area contributed by atoms with Gasteiger partial charge in [0, 0.05) is 32.6 Å². The summed E-state index contributed by atoms with van der Waals surface area (Å²) in [6.07, 6.45) is 5.31. The third kappa shape index (κ3) is 6.71. The summed E-state index contributed by atoms with van der Waals surface area (Å²) in [5.74, 6) is 0.786.